The number of amides is 1. The summed E-state index contributed by atoms with van der Waals surface area (Å²) in [6, 6.07) is 0. The molecule has 0 aromatic carbocycles. The third-order valence-electron chi connectivity index (χ3n) is 2.91. The summed E-state index contributed by atoms with van der Waals surface area (Å²) in [5.74, 6) is 0.447. The molecule has 0 bridgehead atoms. The van der Waals surface area contributed by atoms with E-state index in [2.05, 4.69) is 17.6 Å². The molecule has 0 unspecified atom stereocenters. The van der Waals surface area contributed by atoms with Crippen molar-refractivity contribution >= 4 is 27.9 Å². The molecule has 0 aliphatic rings. The lowest BCUT2D eigenvalue weighted by molar-refractivity contribution is 0.0958. The Bertz CT molecular complexity index is 432. The van der Waals surface area contributed by atoms with Crippen LogP contribution in [0.25, 0.3) is 0 Å². The molecule has 20 heavy (non-hydrogen) atoms. The van der Waals surface area contributed by atoms with Gasteiger partial charge in [-0.3, -0.25) is 4.79 Å². The van der Waals surface area contributed by atoms with Gasteiger partial charge in [0.05, 0.1) is 7.11 Å². The van der Waals surface area contributed by atoms with Gasteiger partial charge in [0.25, 0.3) is 5.91 Å². The van der Waals surface area contributed by atoms with Crippen molar-refractivity contribution in [2.75, 3.05) is 31.2 Å². The van der Waals surface area contributed by atoms with E-state index in [4.69, 9.17) is 10.5 Å². The number of rotatable bonds is 9. The number of carbonyl (C=O) groups excluding carboxylic acids is 1. The van der Waals surface area contributed by atoms with Crippen molar-refractivity contribution in [3.8, 4) is 5.75 Å². The first-order valence-electron chi connectivity index (χ1n) is 7.13. The van der Waals surface area contributed by atoms with Crippen molar-refractivity contribution in [1.29, 1.82) is 0 Å². The molecule has 4 N–H and O–H groups in total. The van der Waals surface area contributed by atoms with Crippen LogP contribution in [-0.4, -0.2) is 26.1 Å². The molecule has 1 heterocycles. The molecule has 1 amide bonds. The molecule has 0 fully saturated rings. The Hall–Kier alpha value is -1.43. The standard InChI is InChI=1S/C14H25N3O2S/c1-4-6-7-9-17-14-11(19-3)10(15)12(20-14)13(18)16-8-5-2/h17H,4-9,15H2,1-3H3,(H,16,18). The van der Waals surface area contributed by atoms with E-state index in [9.17, 15) is 4.79 Å². The van der Waals surface area contributed by atoms with E-state index in [1.807, 2.05) is 6.92 Å². The van der Waals surface area contributed by atoms with Gasteiger partial charge in [0, 0.05) is 13.1 Å². The highest BCUT2D eigenvalue weighted by atomic mass is 32.1. The monoisotopic (exact) mass is 299 g/mol. The largest absolute Gasteiger partial charge is 0.492 e. The van der Waals surface area contributed by atoms with Crippen molar-refractivity contribution in [3.05, 3.63) is 4.88 Å². The average molecular weight is 299 g/mol. The lowest BCUT2D eigenvalue weighted by Crippen LogP contribution is -2.23. The second-order valence-corrected chi connectivity index (χ2v) is 5.62. The van der Waals surface area contributed by atoms with E-state index >= 15 is 0 Å². The lowest BCUT2D eigenvalue weighted by atomic mass is 10.2. The number of methoxy groups -OCH3 is 1. The summed E-state index contributed by atoms with van der Waals surface area (Å²) < 4.78 is 5.31. The van der Waals surface area contributed by atoms with Gasteiger partial charge in [-0.15, -0.1) is 11.3 Å². The number of hydrogen-bond donors (Lipinski definition) is 3. The molecule has 0 aliphatic carbocycles. The number of unbranched alkanes of at least 4 members (excludes halogenated alkanes) is 2. The summed E-state index contributed by atoms with van der Waals surface area (Å²) >= 11 is 1.35. The fourth-order valence-electron chi connectivity index (χ4n) is 1.81. The first kappa shape index (κ1) is 16.6. The molecule has 0 radical (unpaired) electrons. The fraction of sp³-hybridized carbons (Fsp3) is 0.643. The minimum atomic E-state index is -0.130. The summed E-state index contributed by atoms with van der Waals surface area (Å²) in [6.45, 7) is 5.69. The van der Waals surface area contributed by atoms with Crippen LogP contribution >= 0.6 is 11.3 Å². The lowest BCUT2D eigenvalue weighted by Gasteiger charge is -2.06. The third-order valence-corrected chi connectivity index (χ3v) is 4.05. The zero-order chi connectivity index (χ0) is 15.0. The SMILES string of the molecule is CCCCCNc1sc(C(=O)NCCC)c(N)c1OC. The van der Waals surface area contributed by atoms with Gasteiger partial charge in [-0.1, -0.05) is 26.7 Å². The van der Waals surface area contributed by atoms with Crippen LogP contribution in [0.2, 0.25) is 0 Å². The van der Waals surface area contributed by atoms with Gasteiger partial charge in [-0.2, -0.15) is 0 Å². The fourth-order valence-corrected chi connectivity index (χ4v) is 2.84. The zero-order valence-corrected chi connectivity index (χ0v) is 13.4. The predicted molar refractivity (Wildman–Crippen MR) is 85.9 cm³/mol. The minimum absolute atomic E-state index is 0.130. The minimum Gasteiger partial charge on any atom is -0.492 e. The van der Waals surface area contributed by atoms with E-state index in [0.29, 0.717) is 22.9 Å². The smallest absolute Gasteiger partial charge is 0.263 e. The van der Waals surface area contributed by atoms with Gasteiger partial charge in [-0.05, 0) is 12.8 Å². The molecule has 1 aromatic heterocycles. The van der Waals surface area contributed by atoms with Gasteiger partial charge >= 0.3 is 0 Å². The third kappa shape index (κ3) is 4.30. The van der Waals surface area contributed by atoms with Crippen LogP contribution in [0.1, 0.15) is 49.2 Å². The predicted octanol–water partition coefficient (Wildman–Crippen LogP) is 3.08. The van der Waals surface area contributed by atoms with E-state index in [1.54, 1.807) is 7.11 Å². The first-order valence-corrected chi connectivity index (χ1v) is 7.95. The Morgan fingerprint density at radius 1 is 1.25 bits per heavy atom. The van der Waals surface area contributed by atoms with Crippen LogP contribution in [0.3, 0.4) is 0 Å². The van der Waals surface area contributed by atoms with E-state index < -0.39 is 0 Å². The summed E-state index contributed by atoms with van der Waals surface area (Å²) in [6.07, 6.45) is 4.35. The number of thiophene rings is 1. The van der Waals surface area contributed by atoms with Crippen LogP contribution in [0.5, 0.6) is 5.75 Å². The van der Waals surface area contributed by atoms with Crippen molar-refractivity contribution in [2.24, 2.45) is 0 Å². The second-order valence-electron chi connectivity index (χ2n) is 4.60. The quantitative estimate of drug-likeness (QED) is 0.612. The Labute approximate surface area is 124 Å². The molecule has 114 valence electrons. The Morgan fingerprint density at radius 2 is 2.00 bits per heavy atom. The number of anilines is 2. The summed E-state index contributed by atoms with van der Waals surface area (Å²) in [7, 11) is 1.57. The molecule has 6 heteroatoms. The first-order chi connectivity index (χ1) is 9.65. The van der Waals surface area contributed by atoms with E-state index in [-0.39, 0.29) is 5.91 Å². The van der Waals surface area contributed by atoms with Gasteiger partial charge in [-0.25, -0.2) is 0 Å². The molecule has 0 saturated heterocycles. The van der Waals surface area contributed by atoms with E-state index in [1.165, 1.54) is 24.2 Å². The Kier molecular flexibility index (Phi) is 7.22. The summed E-state index contributed by atoms with van der Waals surface area (Å²) in [4.78, 5) is 12.5. The molecule has 0 saturated carbocycles. The van der Waals surface area contributed by atoms with Crippen molar-refractivity contribution in [1.82, 2.24) is 5.32 Å². The number of ether oxygens (including phenoxy) is 1. The maximum atomic E-state index is 12.0. The van der Waals surface area contributed by atoms with Crippen LogP contribution in [0.15, 0.2) is 0 Å². The molecule has 0 aliphatic heterocycles. The van der Waals surface area contributed by atoms with Crippen LogP contribution in [0.4, 0.5) is 10.7 Å². The van der Waals surface area contributed by atoms with Crippen molar-refractivity contribution < 1.29 is 9.53 Å². The normalized spacial score (nSPS) is 10.3. The summed E-state index contributed by atoms with van der Waals surface area (Å²) in [5.41, 5.74) is 6.42. The maximum absolute atomic E-state index is 12.0. The average Bonchev–Trinajstić information content (AvgIpc) is 2.77. The second kappa shape index (κ2) is 8.68. The molecule has 5 nitrogen and oxygen atoms in total. The van der Waals surface area contributed by atoms with Gasteiger partial charge in [0.1, 0.15) is 15.6 Å². The number of carbonyl (C=O) groups is 1. The molecular formula is C14H25N3O2S. The van der Waals surface area contributed by atoms with Crippen molar-refractivity contribution in [3.63, 3.8) is 0 Å². The zero-order valence-electron chi connectivity index (χ0n) is 12.5. The molecule has 1 aromatic rings. The van der Waals surface area contributed by atoms with Crippen LogP contribution < -0.4 is 21.1 Å². The Morgan fingerprint density at radius 3 is 2.60 bits per heavy atom. The molecule has 1 rings (SSSR count). The van der Waals surface area contributed by atoms with Gasteiger partial charge < -0.3 is 21.1 Å². The molecular weight excluding hydrogens is 274 g/mol. The highest BCUT2D eigenvalue weighted by molar-refractivity contribution is 7.19. The van der Waals surface area contributed by atoms with Crippen LogP contribution in [0, 0.1) is 0 Å². The van der Waals surface area contributed by atoms with Gasteiger partial charge in [0.2, 0.25) is 0 Å². The Balaban J connectivity index is 2.77. The number of nitrogens with two attached hydrogens (primary N) is 1. The number of nitrogens with one attached hydrogen (secondary N) is 2. The highest BCUT2D eigenvalue weighted by Crippen LogP contribution is 2.42. The topological polar surface area (TPSA) is 76.4 Å². The molecule has 0 spiro atoms. The summed E-state index contributed by atoms with van der Waals surface area (Å²) in [5, 5.41) is 6.98. The number of hydrogen-bond acceptors (Lipinski definition) is 5. The van der Waals surface area contributed by atoms with E-state index in [0.717, 1.165) is 24.4 Å². The maximum Gasteiger partial charge on any atom is 0.263 e. The number of nitrogen functional groups attached to an aromatic ring is 1. The van der Waals surface area contributed by atoms with Crippen LogP contribution in [-0.2, 0) is 0 Å². The highest BCUT2D eigenvalue weighted by Gasteiger charge is 2.21. The van der Waals surface area contributed by atoms with Crippen molar-refractivity contribution in [2.45, 2.75) is 39.5 Å². The van der Waals surface area contributed by atoms with Gasteiger partial charge in [0.15, 0.2) is 5.75 Å². The molecule has 0 atom stereocenters.